The molecule has 1 aliphatic heterocycles. The second-order valence-corrected chi connectivity index (χ2v) is 6.70. The fourth-order valence-electron chi connectivity index (χ4n) is 3.38. The predicted molar refractivity (Wildman–Crippen MR) is 77.5 cm³/mol. The molecule has 5 heteroatoms. The van der Waals surface area contributed by atoms with Gasteiger partial charge < -0.3 is 9.64 Å². The summed E-state index contributed by atoms with van der Waals surface area (Å²) in [5.74, 6) is -1.12. The fourth-order valence-corrected chi connectivity index (χ4v) is 3.38. The molecule has 1 saturated carbocycles. The minimum absolute atomic E-state index is 0.0218. The average molecular weight is 295 g/mol. The number of likely N-dealkylation sites (tertiary alicyclic amines) is 1. The number of Topliss-reactive ketones (excluding diaryl/α,β-unsaturated/α-hetero) is 1. The summed E-state index contributed by atoms with van der Waals surface area (Å²) < 4.78 is 5.11. The zero-order valence-electron chi connectivity index (χ0n) is 13.3. The summed E-state index contributed by atoms with van der Waals surface area (Å²) in [6, 6.07) is -0.540. The van der Waals surface area contributed by atoms with Gasteiger partial charge in [0.2, 0.25) is 5.78 Å². The minimum Gasteiger partial charge on any atom is -0.464 e. The van der Waals surface area contributed by atoms with Gasteiger partial charge in [0.15, 0.2) is 0 Å². The molecule has 0 N–H and O–H groups in total. The molecule has 2 rings (SSSR count). The Morgan fingerprint density at radius 3 is 2.43 bits per heavy atom. The third-order valence-electron chi connectivity index (χ3n) is 5.04. The van der Waals surface area contributed by atoms with Crippen molar-refractivity contribution >= 4 is 17.7 Å². The van der Waals surface area contributed by atoms with E-state index >= 15 is 0 Å². The number of esters is 1. The molecule has 2 aliphatic rings. The quantitative estimate of drug-likeness (QED) is 0.574. The Morgan fingerprint density at radius 1 is 1.19 bits per heavy atom. The van der Waals surface area contributed by atoms with Crippen molar-refractivity contribution < 1.29 is 19.1 Å². The van der Waals surface area contributed by atoms with Gasteiger partial charge in [-0.3, -0.25) is 9.59 Å². The van der Waals surface area contributed by atoms with Crippen molar-refractivity contribution in [1.82, 2.24) is 4.90 Å². The Balaban J connectivity index is 2.22. The Morgan fingerprint density at radius 2 is 1.86 bits per heavy atom. The molecular weight excluding hydrogens is 270 g/mol. The van der Waals surface area contributed by atoms with E-state index in [1.165, 1.54) is 4.90 Å². The van der Waals surface area contributed by atoms with E-state index in [1.807, 2.05) is 6.92 Å². The molecule has 2 fully saturated rings. The van der Waals surface area contributed by atoms with Gasteiger partial charge >= 0.3 is 5.97 Å². The normalized spacial score (nSPS) is 27.8. The van der Waals surface area contributed by atoms with E-state index in [1.54, 1.807) is 20.8 Å². The molecule has 2 bridgehead atoms. The number of ether oxygens (including phenoxy) is 1. The molecule has 1 saturated heterocycles. The lowest BCUT2D eigenvalue weighted by atomic mass is 9.84. The molecule has 5 nitrogen and oxygen atoms in total. The lowest BCUT2D eigenvalue weighted by Gasteiger charge is -2.35. The van der Waals surface area contributed by atoms with E-state index in [2.05, 4.69) is 0 Å². The summed E-state index contributed by atoms with van der Waals surface area (Å²) in [7, 11) is 0. The number of piperidine rings is 1. The molecule has 0 aromatic heterocycles. The van der Waals surface area contributed by atoms with Gasteiger partial charge in [-0.1, -0.05) is 20.8 Å². The Bertz CT molecular complexity index is 457. The van der Waals surface area contributed by atoms with Crippen LogP contribution in [0.3, 0.4) is 0 Å². The smallest absolute Gasteiger partial charge is 0.329 e. The molecule has 0 radical (unpaired) electrons. The predicted octanol–water partition coefficient (Wildman–Crippen LogP) is 1.93. The summed E-state index contributed by atoms with van der Waals surface area (Å²) >= 11 is 0. The van der Waals surface area contributed by atoms with E-state index in [9.17, 15) is 14.4 Å². The zero-order chi connectivity index (χ0) is 15.8. The van der Waals surface area contributed by atoms with Crippen molar-refractivity contribution in [1.29, 1.82) is 0 Å². The van der Waals surface area contributed by atoms with Gasteiger partial charge in [-0.2, -0.15) is 0 Å². The standard InChI is InChI=1S/C16H25NO4/c1-5-16(3,4)13(18)14(19)17-11-8-7-10(9-11)12(17)15(20)21-6-2/h10-12H,5-9H2,1-4H3/t10-,11+,12-/m1/s1. The van der Waals surface area contributed by atoms with Crippen LogP contribution < -0.4 is 0 Å². The van der Waals surface area contributed by atoms with Gasteiger partial charge in [-0.25, -0.2) is 4.79 Å². The van der Waals surface area contributed by atoms with Gasteiger partial charge in [-0.05, 0) is 38.5 Å². The Hall–Kier alpha value is -1.39. The molecule has 1 aliphatic carbocycles. The summed E-state index contributed by atoms with van der Waals surface area (Å²) in [6.07, 6.45) is 3.23. The first-order valence-electron chi connectivity index (χ1n) is 7.87. The van der Waals surface area contributed by atoms with Gasteiger partial charge in [0.1, 0.15) is 6.04 Å². The number of rotatable bonds is 5. The number of ketones is 1. The van der Waals surface area contributed by atoms with Crippen molar-refractivity contribution in [3.63, 3.8) is 0 Å². The molecule has 21 heavy (non-hydrogen) atoms. The van der Waals surface area contributed by atoms with E-state index in [0.717, 1.165) is 19.3 Å². The highest BCUT2D eigenvalue weighted by Gasteiger charge is 2.54. The minimum atomic E-state index is -0.682. The van der Waals surface area contributed by atoms with Crippen molar-refractivity contribution in [2.45, 2.75) is 65.5 Å². The summed E-state index contributed by atoms with van der Waals surface area (Å²) in [5, 5.41) is 0. The second-order valence-electron chi connectivity index (χ2n) is 6.70. The van der Waals surface area contributed by atoms with Crippen LogP contribution in [0.2, 0.25) is 0 Å². The SMILES string of the molecule is CCOC(=O)[C@H]1[C@@H]2CC[C@@H](C2)N1C(=O)C(=O)C(C)(C)CC. The maximum Gasteiger partial charge on any atom is 0.329 e. The van der Waals surface area contributed by atoms with Crippen LogP contribution in [0.4, 0.5) is 0 Å². The molecular formula is C16H25NO4. The van der Waals surface area contributed by atoms with E-state index < -0.39 is 23.1 Å². The monoisotopic (exact) mass is 295 g/mol. The van der Waals surface area contributed by atoms with Crippen LogP contribution >= 0.6 is 0 Å². The number of hydrogen-bond donors (Lipinski definition) is 0. The number of amides is 1. The fraction of sp³-hybridized carbons (Fsp3) is 0.812. The van der Waals surface area contributed by atoms with Crippen LogP contribution in [-0.4, -0.2) is 41.3 Å². The van der Waals surface area contributed by atoms with Crippen LogP contribution in [0.15, 0.2) is 0 Å². The number of fused-ring (bicyclic) bond motifs is 2. The van der Waals surface area contributed by atoms with Crippen LogP contribution in [0, 0.1) is 11.3 Å². The molecule has 0 aromatic rings. The average Bonchev–Trinajstić information content (AvgIpc) is 3.06. The first kappa shape index (κ1) is 16.0. The van der Waals surface area contributed by atoms with Gasteiger partial charge in [0.05, 0.1) is 6.61 Å². The molecule has 1 heterocycles. The Kier molecular flexibility index (Phi) is 4.40. The molecule has 0 spiro atoms. The van der Waals surface area contributed by atoms with E-state index in [0.29, 0.717) is 13.0 Å². The maximum absolute atomic E-state index is 12.6. The summed E-state index contributed by atoms with van der Waals surface area (Å²) in [6.45, 7) is 7.50. The van der Waals surface area contributed by atoms with Gasteiger partial charge in [0, 0.05) is 11.5 Å². The Labute approximate surface area is 126 Å². The maximum atomic E-state index is 12.6. The topological polar surface area (TPSA) is 63.7 Å². The second kappa shape index (κ2) is 5.78. The number of carbonyl (C=O) groups excluding carboxylic acids is 3. The van der Waals surface area contributed by atoms with E-state index in [-0.39, 0.29) is 17.9 Å². The lowest BCUT2D eigenvalue weighted by molar-refractivity contribution is -0.161. The molecule has 118 valence electrons. The highest BCUT2D eigenvalue weighted by atomic mass is 16.5. The number of nitrogens with zero attached hydrogens (tertiary/aromatic N) is 1. The van der Waals surface area contributed by atoms with Gasteiger partial charge in [0.25, 0.3) is 5.91 Å². The van der Waals surface area contributed by atoms with Crippen LogP contribution in [0.1, 0.15) is 53.4 Å². The van der Waals surface area contributed by atoms with Gasteiger partial charge in [-0.15, -0.1) is 0 Å². The molecule has 0 unspecified atom stereocenters. The molecule has 3 atom stereocenters. The van der Waals surface area contributed by atoms with Crippen molar-refractivity contribution in [3.8, 4) is 0 Å². The highest BCUT2D eigenvalue weighted by molar-refractivity contribution is 6.38. The van der Waals surface area contributed by atoms with Crippen LogP contribution in [0.5, 0.6) is 0 Å². The van der Waals surface area contributed by atoms with Crippen molar-refractivity contribution in [2.75, 3.05) is 6.61 Å². The summed E-state index contributed by atoms with van der Waals surface area (Å²) in [4.78, 5) is 38.8. The van der Waals surface area contributed by atoms with Crippen molar-refractivity contribution in [2.24, 2.45) is 11.3 Å². The third-order valence-corrected chi connectivity index (χ3v) is 5.04. The molecule has 1 amide bonds. The third kappa shape index (κ3) is 2.70. The number of carbonyl (C=O) groups is 3. The van der Waals surface area contributed by atoms with Crippen molar-refractivity contribution in [3.05, 3.63) is 0 Å². The highest BCUT2D eigenvalue weighted by Crippen LogP contribution is 2.43. The lowest BCUT2D eigenvalue weighted by Crippen LogP contribution is -2.53. The van der Waals surface area contributed by atoms with Crippen LogP contribution in [0.25, 0.3) is 0 Å². The zero-order valence-corrected chi connectivity index (χ0v) is 13.3. The van der Waals surface area contributed by atoms with E-state index in [4.69, 9.17) is 4.74 Å². The number of hydrogen-bond acceptors (Lipinski definition) is 4. The van der Waals surface area contributed by atoms with Crippen LogP contribution in [-0.2, 0) is 19.1 Å². The first-order valence-corrected chi connectivity index (χ1v) is 7.87. The largest absolute Gasteiger partial charge is 0.464 e. The summed E-state index contributed by atoms with van der Waals surface area (Å²) in [5.41, 5.74) is -0.682. The molecule has 0 aromatic carbocycles. The first-order chi connectivity index (χ1) is 9.83.